The maximum Gasteiger partial charge on any atom is 0.293 e. The van der Waals surface area contributed by atoms with E-state index < -0.39 is 0 Å². The molecule has 2 aromatic carbocycles. The number of thioether (sulfide) groups is 1. The van der Waals surface area contributed by atoms with E-state index in [0.717, 1.165) is 35.7 Å². The lowest BCUT2D eigenvalue weighted by Crippen LogP contribution is -2.34. The van der Waals surface area contributed by atoms with Gasteiger partial charge in [0.2, 0.25) is 0 Å². The van der Waals surface area contributed by atoms with E-state index in [2.05, 4.69) is 6.07 Å². The van der Waals surface area contributed by atoms with Crippen molar-refractivity contribution in [3.05, 3.63) is 64.1 Å². The van der Waals surface area contributed by atoms with Gasteiger partial charge in [-0.05, 0) is 67.3 Å². The minimum atomic E-state index is -0.216. The molecule has 0 spiro atoms. The Morgan fingerprint density at radius 1 is 1.09 bits per heavy atom. The molecule has 0 unspecified atom stereocenters. The van der Waals surface area contributed by atoms with Gasteiger partial charge in [-0.2, -0.15) is 5.26 Å². The van der Waals surface area contributed by atoms with Gasteiger partial charge >= 0.3 is 0 Å². The van der Waals surface area contributed by atoms with E-state index in [1.54, 1.807) is 18.2 Å². The Hall–Kier alpha value is -3.24. The highest BCUT2D eigenvalue weighted by molar-refractivity contribution is 8.18. The predicted molar refractivity (Wildman–Crippen MR) is 132 cm³/mol. The van der Waals surface area contributed by atoms with Gasteiger partial charge in [-0.25, -0.2) is 0 Å². The van der Waals surface area contributed by atoms with Crippen molar-refractivity contribution in [1.29, 1.82) is 5.26 Å². The number of rotatable bonds is 8. The van der Waals surface area contributed by atoms with Gasteiger partial charge in [-0.15, -0.1) is 0 Å². The van der Waals surface area contributed by atoms with Crippen molar-refractivity contribution in [2.75, 3.05) is 13.2 Å². The largest absolute Gasteiger partial charge is 0.490 e. The summed E-state index contributed by atoms with van der Waals surface area (Å²) in [4.78, 5) is 27.3. The number of ether oxygens (including phenoxy) is 2. The predicted octanol–water partition coefficient (Wildman–Crippen LogP) is 6.15. The normalized spacial score (nSPS) is 17.8. The molecule has 34 heavy (non-hydrogen) atoms. The van der Waals surface area contributed by atoms with Crippen molar-refractivity contribution in [3.63, 3.8) is 0 Å². The summed E-state index contributed by atoms with van der Waals surface area (Å²) in [6, 6.07) is 14.9. The molecule has 1 saturated heterocycles. The molecule has 0 radical (unpaired) electrons. The fourth-order valence-corrected chi connectivity index (χ4v) is 5.20. The number of hydrogen-bond acceptors (Lipinski definition) is 6. The third-order valence-corrected chi connectivity index (χ3v) is 7.03. The van der Waals surface area contributed by atoms with Crippen LogP contribution in [-0.2, 0) is 11.4 Å². The van der Waals surface area contributed by atoms with Gasteiger partial charge in [0.15, 0.2) is 11.5 Å². The van der Waals surface area contributed by atoms with Gasteiger partial charge in [-0.1, -0.05) is 43.5 Å². The molecule has 2 fully saturated rings. The van der Waals surface area contributed by atoms with E-state index in [-0.39, 0.29) is 17.8 Å². The summed E-state index contributed by atoms with van der Waals surface area (Å²) in [6.45, 7) is 3.09. The molecule has 2 amide bonds. The van der Waals surface area contributed by atoms with Crippen molar-refractivity contribution in [2.45, 2.75) is 45.6 Å². The van der Waals surface area contributed by atoms with E-state index >= 15 is 0 Å². The highest BCUT2D eigenvalue weighted by Gasteiger charge is 2.36. The number of carbonyl (C=O) groups is 2. The molecule has 0 N–H and O–H groups in total. The number of hydrogen-bond donors (Lipinski definition) is 0. The SMILES string of the molecule is CCOc1cc(/C=C2/SC(=O)N(CC3CCCCC3)C2=O)ccc1OCc1ccccc1C#N. The monoisotopic (exact) mass is 476 g/mol. The maximum absolute atomic E-state index is 12.9. The van der Waals surface area contributed by atoms with Gasteiger partial charge in [0, 0.05) is 12.1 Å². The summed E-state index contributed by atoms with van der Waals surface area (Å²) in [5, 5.41) is 9.09. The fourth-order valence-electron chi connectivity index (χ4n) is 4.35. The van der Waals surface area contributed by atoms with Crippen LogP contribution < -0.4 is 9.47 Å². The Kier molecular flexibility index (Phi) is 7.91. The topological polar surface area (TPSA) is 79.6 Å². The zero-order chi connectivity index (χ0) is 23.9. The number of amides is 2. The molecule has 7 heteroatoms. The molecule has 2 aromatic rings. The molecule has 1 saturated carbocycles. The van der Waals surface area contributed by atoms with Crippen molar-refractivity contribution in [2.24, 2.45) is 5.92 Å². The molecular weight excluding hydrogens is 448 g/mol. The highest BCUT2D eigenvalue weighted by atomic mass is 32.2. The number of nitrogens with zero attached hydrogens (tertiary/aromatic N) is 2. The first-order valence-electron chi connectivity index (χ1n) is 11.7. The lowest BCUT2D eigenvalue weighted by atomic mass is 9.89. The van der Waals surface area contributed by atoms with Gasteiger partial charge < -0.3 is 9.47 Å². The van der Waals surface area contributed by atoms with E-state index in [0.29, 0.717) is 41.0 Å². The van der Waals surface area contributed by atoms with Crippen LogP contribution >= 0.6 is 11.8 Å². The zero-order valence-electron chi connectivity index (χ0n) is 19.3. The summed E-state index contributed by atoms with van der Waals surface area (Å²) < 4.78 is 11.7. The summed E-state index contributed by atoms with van der Waals surface area (Å²) in [7, 11) is 0. The van der Waals surface area contributed by atoms with E-state index in [9.17, 15) is 14.9 Å². The van der Waals surface area contributed by atoms with Crippen LogP contribution in [0.15, 0.2) is 47.4 Å². The first kappa shape index (κ1) is 23.9. The lowest BCUT2D eigenvalue weighted by molar-refractivity contribution is -0.123. The highest BCUT2D eigenvalue weighted by Crippen LogP contribution is 2.36. The summed E-state index contributed by atoms with van der Waals surface area (Å²) in [6.07, 6.45) is 7.49. The van der Waals surface area contributed by atoms with Crippen molar-refractivity contribution in [3.8, 4) is 17.6 Å². The lowest BCUT2D eigenvalue weighted by Gasteiger charge is -2.25. The van der Waals surface area contributed by atoms with Crippen molar-refractivity contribution < 1.29 is 19.1 Å². The third kappa shape index (κ3) is 5.63. The average Bonchev–Trinajstić information content (AvgIpc) is 3.12. The first-order valence-corrected chi connectivity index (χ1v) is 12.5. The van der Waals surface area contributed by atoms with Gasteiger partial charge in [0.1, 0.15) is 6.61 Å². The Labute approximate surface area is 204 Å². The molecule has 4 rings (SSSR count). The van der Waals surface area contributed by atoms with Crippen LogP contribution in [0.25, 0.3) is 6.08 Å². The number of imide groups is 1. The first-order chi connectivity index (χ1) is 16.6. The van der Waals surface area contributed by atoms with Crippen LogP contribution in [0.2, 0.25) is 0 Å². The minimum Gasteiger partial charge on any atom is -0.490 e. The fraction of sp³-hybridized carbons (Fsp3) is 0.370. The molecule has 6 nitrogen and oxygen atoms in total. The quantitative estimate of drug-likeness (QED) is 0.425. The van der Waals surface area contributed by atoms with E-state index in [4.69, 9.17) is 9.47 Å². The molecule has 1 aliphatic carbocycles. The van der Waals surface area contributed by atoms with E-state index in [1.165, 1.54) is 24.2 Å². The molecule has 1 heterocycles. The maximum atomic E-state index is 12.9. The second-order valence-corrected chi connectivity index (χ2v) is 9.49. The van der Waals surface area contributed by atoms with Gasteiger partial charge in [-0.3, -0.25) is 14.5 Å². The zero-order valence-corrected chi connectivity index (χ0v) is 20.1. The van der Waals surface area contributed by atoms with Crippen LogP contribution in [0, 0.1) is 17.2 Å². The van der Waals surface area contributed by atoms with Crippen molar-refractivity contribution in [1.82, 2.24) is 4.90 Å². The number of benzene rings is 2. The Morgan fingerprint density at radius 2 is 1.88 bits per heavy atom. The molecular formula is C27H28N2O4S. The second-order valence-electron chi connectivity index (χ2n) is 8.49. The van der Waals surface area contributed by atoms with Crippen LogP contribution in [0.4, 0.5) is 4.79 Å². The molecule has 176 valence electrons. The van der Waals surface area contributed by atoms with E-state index in [1.807, 2.05) is 37.3 Å². The molecule has 0 aromatic heterocycles. The Morgan fingerprint density at radius 3 is 2.65 bits per heavy atom. The van der Waals surface area contributed by atoms with Gasteiger partial charge in [0.05, 0.1) is 23.1 Å². The van der Waals surface area contributed by atoms with Crippen LogP contribution in [0.5, 0.6) is 11.5 Å². The van der Waals surface area contributed by atoms with Crippen LogP contribution in [0.1, 0.15) is 55.7 Å². The molecule has 1 aliphatic heterocycles. The number of carbonyl (C=O) groups excluding carboxylic acids is 2. The van der Waals surface area contributed by atoms with Crippen LogP contribution in [0.3, 0.4) is 0 Å². The molecule has 2 aliphatic rings. The molecule has 0 bridgehead atoms. The van der Waals surface area contributed by atoms with Gasteiger partial charge in [0.25, 0.3) is 11.1 Å². The summed E-state index contributed by atoms with van der Waals surface area (Å²) in [5.74, 6) is 1.30. The second kappa shape index (κ2) is 11.3. The average molecular weight is 477 g/mol. The smallest absolute Gasteiger partial charge is 0.293 e. The van der Waals surface area contributed by atoms with Crippen molar-refractivity contribution >= 4 is 29.0 Å². The number of nitriles is 1. The Bertz CT molecular complexity index is 1130. The minimum absolute atomic E-state index is 0.192. The summed E-state index contributed by atoms with van der Waals surface area (Å²) >= 11 is 0.996. The Balaban J connectivity index is 1.48. The van der Waals surface area contributed by atoms with Crippen LogP contribution in [-0.4, -0.2) is 29.2 Å². The standard InChI is InChI=1S/C27H28N2O4S/c1-2-32-24-14-20(12-13-23(24)33-18-22-11-7-6-10-21(22)16-28)15-25-26(30)29(27(31)34-25)17-19-8-4-3-5-9-19/h6-7,10-15,19H,2-5,8-9,17-18H2,1H3/b25-15+. The third-order valence-electron chi connectivity index (χ3n) is 6.13. The summed E-state index contributed by atoms with van der Waals surface area (Å²) in [5.41, 5.74) is 2.13. The molecule has 0 atom stereocenters.